The van der Waals surface area contributed by atoms with Crippen molar-refractivity contribution in [3.8, 4) is 0 Å². The lowest BCUT2D eigenvalue weighted by atomic mass is 10.1. The fraction of sp³-hybridized carbons (Fsp3) is 0.455. The van der Waals surface area contributed by atoms with Crippen molar-refractivity contribution >= 4 is 11.7 Å². The lowest BCUT2D eigenvalue weighted by Crippen LogP contribution is -2.38. The van der Waals surface area contributed by atoms with Crippen molar-refractivity contribution in [1.82, 2.24) is 14.8 Å². The number of hydrogen-bond acceptors (Lipinski definition) is 3. The van der Waals surface area contributed by atoms with E-state index in [0.717, 1.165) is 29.8 Å². The highest BCUT2D eigenvalue weighted by molar-refractivity contribution is 5.99. The molecule has 0 bridgehead atoms. The molecule has 144 valence electrons. The van der Waals surface area contributed by atoms with E-state index in [0.29, 0.717) is 6.04 Å². The van der Waals surface area contributed by atoms with Crippen LogP contribution in [0.2, 0.25) is 0 Å². The first-order valence-corrected chi connectivity index (χ1v) is 9.61. The number of rotatable bonds is 8. The molecule has 5 heteroatoms. The fourth-order valence-corrected chi connectivity index (χ4v) is 3.67. The molecular weight excluding hydrogens is 338 g/mol. The van der Waals surface area contributed by atoms with Gasteiger partial charge in [-0.15, -0.1) is 0 Å². The maximum absolute atomic E-state index is 12.8. The van der Waals surface area contributed by atoms with Crippen LogP contribution < -0.4 is 5.32 Å². The lowest BCUT2D eigenvalue weighted by molar-refractivity contribution is -0.121. The summed E-state index contributed by atoms with van der Waals surface area (Å²) in [5, 5.41) is 2.96. The Morgan fingerprint density at radius 1 is 1.19 bits per heavy atom. The summed E-state index contributed by atoms with van der Waals surface area (Å²) >= 11 is 0. The molecule has 1 amide bonds. The van der Waals surface area contributed by atoms with E-state index >= 15 is 0 Å². The number of nitrogens with one attached hydrogen (secondary N) is 1. The van der Waals surface area contributed by atoms with Gasteiger partial charge in [0.2, 0.25) is 5.91 Å². The van der Waals surface area contributed by atoms with Gasteiger partial charge in [-0.2, -0.15) is 0 Å². The molecule has 0 aliphatic heterocycles. The van der Waals surface area contributed by atoms with Crippen molar-refractivity contribution in [1.29, 1.82) is 0 Å². The molecule has 27 heavy (non-hydrogen) atoms. The second-order valence-corrected chi connectivity index (χ2v) is 7.68. The minimum Gasteiger partial charge on any atom is -0.352 e. The summed E-state index contributed by atoms with van der Waals surface area (Å²) in [5.74, 6) is 0.0484. The Hall–Kier alpha value is -2.40. The van der Waals surface area contributed by atoms with Gasteiger partial charge in [0, 0.05) is 23.0 Å². The minimum absolute atomic E-state index is 0.00373. The first kappa shape index (κ1) is 19.4. The Kier molecular flexibility index (Phi) is 5.80. The third kappa shape index (κ3) is 4.66. The van der Waals surface area contributed by atoms with Crippen LogP contribution in [-0.4, -0.2) is 47.3 Å². The van der Waals surface area contributed by atoms with Gasteiger partial charge in [-0.05, 0) is 52.3 Å². The summed E-state index contributed by atoms with van der Waals surface area (Å²) < 4.78 is 2.21. The Bertz CT molecular complexity index is 822. The molecule has 1 aromatic heterocycles. The number of carbonyl (C=O) groups excluding carboxylic acids is 2. The van der Waals surface area contributed by atoms with Crippen molar-refractivity contribution in [2.45, 2.75) is 45.7 Å². The summed E-state index contributed by atoms with van der Waals surface area (Å²) in [5.41, 5.74) is 4.00. The number of aryl methyl sites for hydroxylation is 1. The molecule has 1 atom stereocenters. The molecule has 5 nitrogen and oxygen atoms in total. The summed E-state index contributed by atoms with van der Waals surface area (Å²) in [7, 11) is 1.82. The SMILES string of the molecule is Cc1cc(C(=O)CN(C)CC(=O)NC2CC2)c(C)n1[C@H](C)c1ccccc1. The molecule has 1 saturated carbocycles. The van der Waals surface area contributed by atoms with E-state index in [1.54, 1.807) is 4.90 Å². The van der Waals surface area contributed by atoms with Crippen LogP contribution in [0.25, 0.3) is 0 Å². The van der Waals surface area contributed by atoms with Gasteiger partial charge in [0.1, 0.15) is 0 Å². The fourth-order valence-electron chi connectivity index (χ4n) is 3.67. The summed E-state index contributed by atoms with van der Waals surface area (Å²) in [6.07, 6.45) is 2.14. The van der Waals surface area contributed by atoms with Crippen LogP contribution in [0.1, 0.15) is 53.1 Å². The van der Waals surface area contributed by atoms with E-state index in [9.17, 15) is 9.59 Å². The molecule has 0 spiro atoms. The molecule has 1 aliphatic rings. The van der Waals surface area contributed by atoms with E-state index < -0.39 is 0 Å². The zero-order valence-electron chi connectivity index (χ0n) is 16.7. The Morgan fingerprint density at radius 3 is 2.48 bits per heavy atom. The Morgan fingerprint density at radius 2 is 1.85 bits per heavy atom. The summed E-state index contributed by atoms with van der Waals surface area (Å²) in [4.78, 5) is 26.5. The van der Waals surface area contributed by atoms with Crippen molar-refractivity contribution in [2.75, 3.05) is 20.1 Å². The average Bonchev–Trinajstić information content (AvgIpc) is 3.38. The molecule has 0 radical (unpaired) electrons. The van der Waals surface area contributed by atoms with Gasteiger partial charge < -0.3 is 9.88 Å². The molecule has 0 unspecified atom stereocenters. The number of likely N-dealkylation sites (N-methyl/N-ethyl adjacent to an activating group) is 1. The highest BCUT2D eigenvalue weighted by Gasteiger charge is 2.24. The predicted molar refractivity (Wildman–Crippen MR) is 107 cm³/mol. The van der Waals surface area contributed by atoms with Gasteiger partial charge in [-0.3, -0.25) is 14.5 Å². The standard InChI is InChI=1S/C22H29N3O2/c1-15-12-20(17(3)25(15)16(2)18-8-6-5-7-9-18)21(26)13-24(4)14-22(27)23-19-10-11-19/h5-9,12,16,19H,10-11,13-14H2,1-4H3,(H,23,27)/t16-/m1/s1. The molecule has 1 fully saturated rings. The maximum Gasteiger partial charge on any atom is 0.234 e. The Labute approximate surface area is 161 Å². The second-order valence-electron chi connectivity index (χ2n) is 7.68. The number of ketones is 1. The van der Waals surface area contributed by atoms with Crippen molar-refractivity contribution in [3.63, 3.8) is 0 Å². The van der Waals surface area contributed by atoms with E-state index in [1.165, 1.54) is 5.56 Å². The highest BCUT2D eigenvalue weighted by atomic mass is 16.2. The van der Waals surface area contributed by atoms with Crippen LogP contribution in [0.4, 0.5) is 0 Å². The van der Waals surface area contributed by atoms with Crippen LogP contribution in [0.5, 0.6) is 0 Å². The van der Waals surface area contributed by atoms with E-state index in [1.807, 2.05) is 45.2 Å². The maximum atomic E-state index is 12.8. The van der Waals surface area contributed by atoms with E-state index in [-0.39, 0.29) is 30.8 Å². The van der Waals surface area contributed by atoms with Gasteiger partial charge in [0.05, 0.1) is 19.1 Å². The lowest BCUT2D eigenvalue weighted by Gasteiger charge is -2.19. The van der Waals surface area contributed by atoms with E-state index in [2.05, 4.69) is 28.9 Å². The topological polar surface area (TPSA) is 54.3 Å². The first-order valence-electron chi connectivity index (χ1n) is 9.61. The van der Waals surface area contributed by atoms with Crippen LogP contribution in [0.3, 0.4) is 0 Å². The number of carbonyl (C=O) groups is 2. The number of Topliss-reactive ketones (excluding diaryl/α,β-unsaturated/α-hetero) is 1. The molecule has 0 saturated heterocycles. The average molecular weight is 367 g/mol. The van der Waals surface area contributed by atoms with Crippen molar-refractivity contribution in [3.05, 3.63) is 58.9 Å². The third-order valence-electron chi connectivity index (χ3n) is 5.22. The first-order chi connectivity index (χ1) is 12.9. The largest absolute Gasteiger partial charge is 0.352 e. The van der Waals surface area contributed by atoms with Gasteiger partial charge in [0.15, 0.2) is 5.78 Å². The van der Waals surface area contributed by atoms with E-state index in [4.69, 9.17) is 0 Å². The predicted octanol–water partition coefficient (Wildman–Crippen LogP) is 3.11. The zero-order valence-corrected chi connectivity index (χ0v) is 16.7. The molecule has 1 N–H and O–H groups in total. The second kappa shape index (κ2) is 8.09. The molecule has 2 aromatic rings. The highest BCUT2D eigenvalue weighted by Crippen LogP contribution is 2.26. The molecule has 1 aliphatic carbocycles. The Balaban J connectivity index is 1.69. The number of hydrogen-bond donors (Lipinski definition) is 1. The normalized spacial score (nSPS) is 15.0. The smallest absolute Gasteiger partial charge is 0.234 e. The number of aromatic nitrogens is 1. The van der Waals surface area contributed by atoms with Crippen LogP contribution in [0, 0.1) is 13.8 Å². The minimum atomic E-state index is -0.00373. The summed E-state index contributed by atoms with van der Waals surface area (Å²) in [6.45, 7) is 6.68. The molecule has 1 aromatic carbocycles. The van der Waals surface area contributed by atoms with Gasteiger partial charge in [-0.1, -0.05) is 30.3 Å². The van der Waals surface area contributed by atoms with Gasteiger partial charge >= 0.3 is 0 Å². The zero-order chi connectivity index (χ0) is 19.6. The van der Waals surface area contributed by atoms with Gasteiger partial charge in [-0.25, -0.2) is 0 Å². The van der Waals surface area contributed by atoms with Gasteiger partial charge in [0.25, 0.3) is 0 Å². The quantitative estimate of drug-likeness (QED) is 0.730. The monoisotopic (exact) mass is 367 g/mol. The number of nitrogens with zero attached hydrogens (tertiary/aromatic N) is 2. The number of amides is 1. The number of benzene rings is 1. The third-order valence-corrected chi connectivity index (χ3v) is 5.22. The van der Waals surface area contributed by atoms with Crippen LogP contribution >= 0.6 is 0 Å². The van der Waals surface area contributed by atoms with Crippen molar-refractivity contribution < 1.29 is 9.59 Å². The van der Waals surface area contributed by atoms with Crippen LogP contribution in [-0.2, 0) is 4.79 Å². The van der Waals surface area contributed by atoms with Crippen LogP contribution in [0.15, 0.2) is 36.4 Å². The molecular formula is C22H29N3O2. The molecule has 1 heterocycles. The molecule has 3 rings (SSSR count). The summed E-state index contributed by atoms with van der Waals surface area (Å²) in [6, 6.07) is 12.8. The van der Waals surface area contributed by atoms with Crippen molar-refractivity contribution in [2.24, 2.45) is 0 Å².